The third kappa shape index (κ3) is 4.05. The minimum absolute atomic E-state index is 0.0432. The summed E-state index contributed by atoms with van der Waals surface area (Å²) in [6, 6.07) is 11.4. The minimum Gasteiger partial charge on any atom is -0.346 e. The Bertz CT molecular complexity index is 809. The van der Waals surface area contributed by atoms with Crippen LogP contribution in [-0.4, -0.2) is 22.3 Å². The summed E-state index contributed by atoms with van der Waals surface area (Å²) in [5.41, 5.74) is 2.87. The second-order valence-corrected chi connectivity index (χ2v) is 7.41. The number of rotatable bonds is 3. The highest BCUT2D eigenvalue weighted by Crippen LogP contribution is 2.33. The van der Waals surface area contributed by atoms with Gasteiger partial charge in [-0.15, -0.1) is 0 Å². The molecule has 0 saturated heterocycles. The molecule has 1 aliphatic carbocycles. The van der Waals surface area contributed by atoms with Gasteiger partial charge in [-0.1, -0.05) is 24.3 Å². The van der Waals surface area contributed by atoms with Gasteiger partial charge in [0.2, 0.25) is 5.91 Å². The number of hydrogen-bond acceptors (Lipinski definition) is 3. The molecule has 130 valence electrons. The van der Waals surface area contributed by atoms with E-state index in [0.717, 1.165) is 18.4 Å². The van der Waals surface area contributed by atoms with Gasteiger partial charge in [0.15, 0.2) is 0 Å². The molecule has 0 spiro atoms. The van der Waals surface area contributed by atoms with E-state index in [1.54, 1.807) is 12.1 Å². The van der Waals surface area contributed by atoms with Crippen LogP contribution in [0.1, 0.15) is 54.7 Å². The molecule has 1 aromatic carbocycles. The molecule has 0 bridgehead atoms. The van der Waals surface area contributed by atoms with Crippen molar-refractivity contribution in [3.05, 3.63) is 59.4 Å². The maximum absolute atomic E-state index is 12.7. The Balaban J connectivity index is 1.73. The number of aromatic nitrogens is 1. The van der Waals surface area contributed by atoms with E-state index in [2.05, 4.69) is 21.7 Å². The molecule has 2 N–H and O–H groups in total. The third-order valence-electron chi connectivity index (χ3n) is 4.20. The lowest BCUT2D eigenvalue weighted by Crippen LogP contribution is -2.40. The third-order valence-corrected chi connectivity index (χ3v) is 4.20. The Kier molecular flexibility index (Phi) is 4.57. The quantitative estimate of drug-likeness (QED) is 0.903. The summed E-state index contributed by atoms with van der Waals surface area (Å²) in [7, 11) is 0. The van der Waals surface area contributed by atoms with Gasteiger partial charge in [0.1, 0.15) is 5.69 Å². The van der Waals surface area contributed by atoms with Crippen LogP contribution in [0.2, 0.25) is 0 Å². The van der Waals surface area contributed by atoms with E-state index < -0.39 is 0 Å². The molecule has 2 aromatic rings. The summed E-state index contributed by atoms with van der Waals surface area (Å²) in [5.74, 6) is -0.440. The first-order chi connectivity index (χ1) is 11.8. The van der Waals surface area contributed by atoms with Crippen molar-refractivity contribution < 1.29 is 9.59 Å². The fraction of sp³-hybridized carbons (Fsp3) is 0.350. The number of nitrogens with one attached hydrogen (secondary N) is 2. The van der Waals surface area contributed by atoms with Gasteiger partial charge in [-0.3, -0.25) is 14.6 Å². The highest BCUT2D eigenvalue weighted by atomic mass is 16.2. The van der Waals surface area contributed by atoms with Crippen LogP contribution in [0.25, 0.3) is 0 Å². The number of carbonyl (C=O) groups excluding carboxylic acids is 2. The number of fused-ring (bicyclic) bond motifs is 1. The van der Waals surface area contributed by atoms with Gasteiger partial charge in [0.25, 0.3) is 5.91 Å². The van der Waals surface area contributed by atoms with Gasteiger partial charge in [-0.2, -0.15) is 0 Å². The first kappa shape index (κ1) is 17.1. The monoisotopic (exact) mass is 337 g/mol. The molecule has 3 rings (SSSR count). The second kappa shape index (κ2) is 6.67. The van der Waals surface area contributed by atoms with E-state index in [0.29, 0.717) is 11.4 Å². The highest BCUT2D eigenvalue weighted by Gasteiger charge is 2.28. The van der Waals surface area contributed by atoms with Crippen molar-refractivity contribution in [1.82, 2.24) is 10.3 Å². The van der Waals surface area contributed by atoms with Gasteiger partial charge in [0.05, 0.1) is 5.92 Å². The molecule has 0 aliphatic heterocycles. The van der Waals surface area contributed by atoms with Crippen LogP contribution >= 0.6 is 0 Å². The molecule has 2 amide bonds. The fourth-order valence-corrected chi connectivity index (χ4v) is 3.10. The Morgan fingerprint density at radius 1 is 1.16 bits per heavy atom. The number of carbonyl (C=O) groups is 2. The van der Waals surface area contributed by atoms with E-state index in [-0.39, 0.29) is 23.3 Å². The lowest BCUT2D eigenvalue weighted by molar-refractivity contribution is -0.117. The van der Waals surface area contributed by atoms with E-state index in [1.165, 1.54) is 11.8 Å². The summed E-state index contributed by atoms with van der Waals surface area (Å²) in [6.45, 7) is 5.73. The predicted octanol–water partition coefficient (Wildman–Crippen LogP) is 3.28. The maximum atomic E-state index is 12.7. The standard InChI is InChI=1S/C20H23N3O2/c1-20(2,3)23-19(25)17-12-14(10-11-21-17)22-18(24)16-9-8-13-6-4-5-7-15(13)16/h4-7,10-12,16H,8-9H2,1-3H3,(H,23,25)(H,21,22,24)/t16-/m1/s1. The van der Waals surface area contributed by atoms with Crippen molar-refractivity contribution in [2.45, 2.75) is 45.1 Å². The van der Waals surface area contributed by atoms with Crippen molar-refractivity contribution in [1.29, 1.82) is 0 Å². The normalized spacial score (nSPS) is 16.2. The molecule has 25 heavy (non-hydrogen) atoms. The summed E-state index contributed by atoms with van der Waals surface area (Å²) in [5, 5.41) is 5.79. The number of anilines is 1. The molecule has 5 nitrogen and oxygen atoms in total. The van der Waals surface area contributed by atoms with Crippen LogP contribution in [-0.2, 0) is 11.2 Å². The average molecular weight is 337 g/mol. The zero-order valence-electron chi connectivity index (χ0n) is 14.8. The fourth-order valence-electron chi connectivity index (χ4n) is 3.10. The van der Waals surface area contributed by atoms with Crippen LogP contribution in [0.4, 0.5) is 5.69 Å². The number of aryl methyl sites for hydroxylation is 1. The molecule has 0 saturated carbocycles. The van der Waals surface area contributed by atoms with Crippen molar-refractivity contribution >= 4 is 17.5 Å². The molecule has 1 heterocycles. The Hall–Kier alpha value is -2.69. The van der Waals surface area contributed by atoms with Crippen molar-refractivity contribution in [2.75, 3.05) is 5.32 Å². The summed E-state index contributed by atoms with van der Waals surface area (Å²) >= 11 is 0. The van der Waals surface area contributed by atoms with Gasteiger partial charge in [-0.25, -0.2) is 0 Å². The zero-order valence-corrected chi connectivity index (χ0v) is 14.8. The van der Waals surface area contributed by atoms with Gasteiger partial charge < -0.3 is 10.6 Å². The average Bonchev–Trinajstić information content (AvgIpc) is 2.97. The molecule has 1 aliphatic rings. The second-order valence-electron chi connectivity index (χ2n) is 7.41. The maximum Gasteiger partial charge on any atom is 0.270 e. The zero-order chi connectivity index (χ0) is 18.0. The van der Waals surface area contributed by atoms with Crippen LogP contribution in [0.3, 0.4) is 0 Å². The largest absolute Gasteiger partial charge is 0.346 e. The number of amides is 2. The molecule has 1 atom stereocenters. The van der Waals surface area contributed by atoms with E-state index in [1.807, 2.05) is 39.0 Å². The predicted molar refractivity (Wildman–Crippen MR) is 97.6 cm³/mol. The van der Waals surface area contributed by atoms with Crippen molar-refractivity contribution in [2.24, 2.45) is 0 Å². The molecular weight excluding hydrogens is 314 g/mol. The molecule has 5 heteroatoms. The van der Waals surface area contributed by atoms with Crippen LogP contribution < -0.4 is 10.6 Å². The first-order valence-electron chi connectivity index (χ1n) is 8.51. The Morgan fingerprint density at radius 2 is 1.92 bits per heavy atom. The molecule has 0 unspecified atom stereocenters. The van der Waals surface area contributed by atoms with Crippen molar-refractivity contribution in [3.8, 4) is 0 Å². The van der Waals surface area contributed by atoms with Gasteiger partial charge >= 0.3 is 0 Å². The summed E-state index contributed by atoms with van der Waals surface area (Å²) in [6.07, 6.45) is 3.27. The Morgan fingerprint density at radius 3 is 2.68 bits per heavy atom. The number of pyridine rings is 1. The number of benzene rings is 1. The lowest BCUT2D eigenvalue weighted by atomic mass is 10.0. The number of nitrogens with zero attached hydrogens (tertiary/aromatic N) is 1. The van der Waals surface area contributed by atoms with Crippen LogP contribution in [0.15, 0.2) is 42.6 Å². The van der Waals surface area contributed by atoms with Gasteiger partial charge in [-0.05, 0) is 56.9 Å². The SMILES string of the molecule is CC(C)(C)NC(=O)c1cc(NC(=O)[C@@H]2CCc3ccccc32)ccn1. The molecule has 0 fully saturated rings. The van der Waals surface area contributed by atoms with Crippen LogP contribution in [0.5, 0.6) is 0 Å². The first-order valence-corrected chi connectivity index (χ1v) is 8.51. The van der Waals surface area contributed by atoms with Gasteiger partial charge in [0, 0.05) is 17.4 Å². The number of hydrogen-bond donors (Lipinski definition) is 2. The smallest absolute Gasteiger partial charge is 0.270 e. The highest BCUT2D eigenvalue weighted by molar-refractivity contribution is 5.98. The minimum atomic E-state index is -0.342. The lowest BCUT2D eigenvalue weighted by Gasteiger charge is -2.20. The Labute approximate surface area is 147 Å². The molecular formula is C20H23N3O2. The van der Waals surface area contributed by atoms with Crippen molar-refractivity contribution in [3.63, 3.8) is 0 Å². The van der Waals surface area contributed by atoms with E-state index in [9.17, 15) is 9.59 Å². The molecule has 0 radical (unpaired) electrons. The van der Waals surface area contributed by atoms with E-state index in [4.69, 9.17) is 0 Å². The molecule has 1 aromatic heterocycles. The topological polar surface area (TPSA) is 71.1 Å². The van der Waals surface area contributed by atoms with E-state index >= 15 is 0 Å². The summed E-state index contributed by atoms with van der Waals surface area (Å²) < 4.78 is 0. The van der Waals surface area contributed by atoms with Crippen LogP contribution in [0, 0.1) is 0 Å². The summed E-state index contributed by atoms with van der Waals surface area (Å²) in [4.78, 5) is 29.0.